The third kappa shape index (κ3) is 1.98. The van der Waals surface area contributed by atoms with Crippen LogP contribution in [-0.2, 0) is 5.54 Å². The van der Waals surface area contributed by atoms with Crippen molar-refractivity contribution in [3.05, 3.63) is 27.7 Å². The Balaban J connectivity index is 2.43. The summed E-state index contributed by atoms with van der Waals surface area (Å²) in [5.74, 6) is 0.936. The molecule has 0 aromatic heterocycles. The van der Waals surface area contributed by atoms with Crippen molar-refractivity contribution >= 4 is 15.9 Å². The van der Waals surface area contributed by atoms with Crippen molar-refractivity contribution in [3.8, 4) is 5.75 Å². The molecule has 1 heterocycles. The van der Waals surface area contributed by atoms with Gasteiger partial charge in [-0.15, -0.1) is 0 Å². The first-order valence-corrected chi connectivity index (χ1v) is 6.46. The molecule has 0 aliphatic carbocycles. The van der Waals surface area contributed by atoms with Crippen LogP contribution in [0.15, 0.2) is 16.6 Å². The van der Waals surface area contributed by atoms with E-state index in [4.69, 9.17) is 4.74 Å². The first-order valence-electron chi connectivity index (χ1n) is 5.66. The van der Waals surface area contributed by atoms with Crippen LogP contribution in [0.2, 0.25) is 0 Å². The van der Waals surface area contributed by atoms with E-state index in [0.717, 1.165) is 16.8 Å². The van der Waals surface area contributed by atoms with E-state index in [1.165, 1.54) is 24.0 Å². The standard InChI is InChI=1S/C13H18BrNO/c1-9-7-10(8-11(14)12(9)16-3)13(2)5-4-6-15-13/h7-8,15H,4-6H2,1-3H3. The maximum absolute atomic E-state index is 5.36. The normalized spacial score (nSPS) is 24.8. The topological polar surface area (TPSA) is 21.3 Å². The van der Waals surface area contributed by atoms with Crippen LogP contribution in [0.1, 0.15) is 30.9 Å². The van der Waals surface area contributed by atoms with Gasteiger partial charge in [-0.1, -0.05) is 6.07 Å². The quantitative estimate of drug-likeness (QED) is 0.899. The molecule has 1 aromatic rings. The van der Waals surface area contributed by atoms with Gasteiger partial charge in [0.1, 0.15) is 5.75 Å². The fraction of sp³-hybridized carbons (Fsp3) is 0.538. The molecular weight excluding hydrogens is 266 g/mol. The summed E-state index contributed by atoms with van der Waals surface area (Å²) in [7, 11) is 1.71. The highest BCUT2D eigenvalue weighted by Crippen LogP contribution is 2.37. The Labute approximate surface area is 106 Å². The SMILES string of the molecule is COc1c(C)cc(C2(C)CCCN2)cc1Br. The Morgan fingerprint density at radius 1 is 1.44 bits per heavy atom. The molecule has 88 valence electrons. The van der Waals surface area contributed by atoms with E-state index in [2.05, 4.69) is 47.2 Å². The predicted molar refractivity (Wildman–Crippen MR) is 70.0 cm³/mol. The Hall–Kier alpha value is -0.540. The number of aryl methyl sites for hydroxylation is 1. The average molecular weight is 284 g/mol. The molecule has 1 aliphatic rings. The number of methoxy groups -OCH3 is 1. The van der Waals surface area contributed by atoms with Crippen molar-refractivity contribution in [2.24, 2.45) is 0 Å². The van der Waals surface area contributed by atoms with E-state index in [0.29, 0.717) is 0 Å². The van der Waals surface area contributed by atoms with Crippen LogP contribution in [0.4, 0.5) is 0 Å². The van der Waals surface area contributed by atoms with Crippen molar-refractivity contribution in [3.63, 3.8) is 0 Å². The van der Waals surface area contributed by atoms with Crippen LogP contribution in [-0.4, -0.2) is 13.7 Å². The van der Waals surface area contributed by atoms with E-state index >= 15 is 0 Å². The maximum Gasteiger partial charge on any atom is 0.135 e. The fourth-order valence-electron chi connectivity index (χ4n) is 2.45. The Bertz CT molecular complexity index is 374. The van der Waals surface area contributed by atoms with Gasteiger partial charge in [-0.3, -0.25) is 0 Å². The highest BCUT2D eigenvalue weighted by atomic mass is 79.9. The zero-order valence-electron chi connectivity index (χ0n) is 10.1. The highest BCUT2D eigenvalue weighted by Gasteiger charge is 2.30. The Morgan fingerprint density at radius 3 is 2.69 bits per heavy atom. The lowest BCUT2D eigenvalue weighted by molar-refractivity contribution is 0.404. The first kappa shape index (κ1) is 11.9. The van der Waals surface area contributed by atoms with Crippen molar-refractivity contribution < 1.29 is 4.74 Å². The third-order valence-electron chi connectivity index (χ3n) is 3.44. The number of hydrogen-bond acceptors (Lipinski definition) is 2. The minimum Gasteiger partial charge on any atom is -0.495 e. The molecule has 0 spiro atoms. The Morgan fingerprint density at radius 2 is 2.19 bits per heavy atom. The Kier molecular flexibility index (Phi) is 3.27. The fourth-order valence-corrected chi connectivity index (χ4v) is 3.17. The van der Waals surface area contributed by atoms with Gasteiger partial charge in [0.15, 0.2) is 0 Å². The van der Waals surface area contributed by atoms with Gasteiger partial charge in [0.2, 0.25) is 0 Å². The van der Waals surface area contributed by atoms with E-state index in [9.17, 15) is 0 Å². The van der Waals surface area contributed by atoms with Crippen molar-refractivity contribution in [2.75, 3.05) is 13.7 Å². The van der Waals surface area contributed by atoms with E-state index in [-0.39, 0.29) is 5.54 Å². The summed E-state index contributed by atoms with van der Waals surface area (Å²) in [6.45, 7) is 5.47. The molecule has 1 saturated heterocycles. The molecule has 2 nitrogen and oxygen atoms in total. The zero-order valence-corrected chi connectivity index (χ0v) is 11.6. The van der Waals surface area contributed by atoms with E-state index < -0.39 is 0 Å². The lowest BCUT2D eigenvalue weighted by Gasteiger charge is -2.26. The van der Waals surface area contributed by atoms with Gasteiger partial charge in [0, 0.05) is 5.54 Å². The predicted octanol–water partition coefficient (Wildman–Crippen LogP) is 3.36. The summed E-state index contributed by atoms with van der Waals surface area (Å²) in [5, 5.41) is 3.58. The number of ether oxygens (including phenoxy) is 1. The second-order valence-corrected chi connectivity index (χ2v) is 5.52. The van der Waals surface area contributed by atoms with Gasteiger partial charge in [0.05, 0.1) is 11.6 Å². The molecule has 0 saturated carbocycles. The van der Waals surface area contributed by atoms with Crippen LogP contribution >= 0.6 is 15.9 Å². The summed E-state index contributed by atoms with van der Waals surface area (Å²) >= 11 is 3.58. The largest absolute Gasteiger partial charge is 0.495 e. The number of hydrogen-bond donors (Lipinski definition) is 1. The minimum atomic E-state index is 0.125. The van der Waals surface area contributed by atoms with Crippen LogP contribution < -0.4 is 10.1 Å². The second kappa shape index (κ2) is 4.38. The smallest absolute Gasteiger partial charge is 0.135 e. The molecule has 0 radical (unpaired) electrons. The summed E-state index contributed by atoms with van der Waals surface area (Å²) < 4.78 is 6.40. The van der Waals surface area contributed by atoms with Crippen LogP contribution in [0, 0.1) is 6.92 Å². The summed E-state index contributed by atoms with van der Waals surface area (Å²) in [6, 6.07) is 4.39. The first-order chi connectivity index (χ1) is 7.57. The van der Waals surface area contributed by atoms with E-state index in [1.807, 2.05) is 0 Å². The van der Waals surface area contributed by atoms with Crippen LogP contribution in [0.3, 0.4) is 0 Å². The maximum atomic E-state index is 5.36. The van der Waals surface area contributed by atoms with Crippen molar-refractivity contribution in [2.45, 2.75) is 32.2 Å². The van der Waals surface area contributed by atoms with Crippen LogP contribution in [0.25, 0.3) is 0 Å². The number of rotatable bonds is 2. The van der Waals surface area contributed by atoms with Gasteiger partial charge < -0.3 is 10.1 Å². The molecule has 0 bridgehead atoms. The second-order valence-electron chi connectivity index (χ2n) is 4.67. The van der Waals surface area contributed by atoms with Gasteiger partial charge in [0.25, 0.3) is 0 Å². The molecule has 16 heavy (non-hydrogen) atoms. The molecule has 1 aliphatic heterocycles. The highest BCUT2D eigenvalue weighted by molar-refractivity contribution is 9.10. The van der Waals surface area contributed by atoms with E-state index in [1.54, 1.807) is 7.11 Å². The molecule has 1 aromatic carbocycles. The average Bonchev–Trinajstić information content (AvgIpc) is 2.66. The van der Waals surface area contributed by atoms with Crippen molar-refractivity contribution in [1.29, 1.82) is 0 Å². The van der Waals surface area contributed by atoms with Crippen molar-refractivity contribution in [1.82, 2.24) is 5.32 Å². The molecule has 1 N–H and O–H groups in total. The van der Waals surface area contributed by atoms with Gasteiger partial charge in [-0.2, -0.15) is 0 Å². The summed E-state index contributed by atoms with van der Waals surface area (Å²) in [6.07, 6.45) is 2.45. The number of halogens is 1. The molecule has 1 fully saturated rings. The number of benzene rings is 1. The lowest BCUT2D eigenvalue weighted by atomic mass is 9.89. The summed E-state index contributed by atoms with van der Waals surface area (Å²) in [4.78, 5) is 0. The molecule has 0 amide bonds. The third-order valence-corrected chi connectivity index (χ3v) is 4.03. The molecule has 1 unspecified atom stereocenters. The zero-order chi connectivity index (χ0) is 11.8. The summed E-state index contributed by atoms with van der Waals surface area (Å²) in [5.41, 5.74) is 2.65. The van der Waals surface area contributed by atoms with Gasteiger partial charge in [-0.25, -0.2) is 0 Å². The van der Waals surface area contributed by atoms with Crippen LogP contribution in [0.5, 0.6) is 5.75 Å². The molecule has 2 rings (SSSR count). The lowest BCUT2D eigenvalue weighted by Crippen LogP contribution is -2.33. The monoisotopic (exact) mass is 283 g/mol. The number of nitrogens with one attached hydrogen (secondary N) is 1. The molecule has 1 atom stereocenters. The minimum absolute atomic E-state index is 0.125. The molecular formula is C13H18BrNO. The molecule has 3 heteroatoms. The van der Waals surface area contributed by atoms with Gasteiger partial charge in [-0.05, 0) is 66.4 Å². The van der Waals surface area contributed by atoms with Gasteiger partial charge >= 0.3 is 0 Å².